The summed E-state index contributed by atoms with van der Waals surface area (Å²) >= 11 is 0. The molecule has 48 heavy (non-hydrogen) atoms. The monoisotopic (exact) mass is 680 g/mol. The van der Waals surface area contributed by atoms with Crippen molar-refractivity contribution in [3.63, 3.8) is 0 Å². The van der Waals surface area contributed by atoms with Crippen LogP contribution in [0.4, 0.5) is 0 Å². The Kier molecular flexibility index (Phi) is 36.1. The fourth-order valence-electron chi connectivity index (χ4n) is 6.28. The van der Waals surface area contributed by atoms with E-state index in [4.69, 9.17) is 0 Å². The molecule has 0 saturated heterocycles. The summed E-state index contributed by atoms with van der Waals surface area (Å²) in [5, 5.41) is 43.5. The molecule has 284 valence electrons. The maximum atomic E-state index is 12.5. The van der Waals surface area contributed by atoms with Gasteiger partial charge in [-0.3, -0.25) is 4.79 Å². The zero-order valence-electron chi connectivity index (χ0n) is 31.7. The van der Waals surface area contributed by atoms with Gasteiger partial charge < -0.3 is 25.7 Å². The van der Waals surface area contributed by atoms with Crippen LogP contribution >= 0.6 is 0 Å². The average Bonchev–Trinajstić information content (AvgIpc) is 3.09. The minimum atomic E-state index is -1.28. The maximum absolute atomic E-state index is 12.5. The van der Waals surface area contributed by atoms with E-state index >= 15 is 0 Å². The molecule has 5 N–H and O–H groups in total. The van der Waals surface area contributed by atoms with Gasteiger partial charge in [0.05, 0.1) is 18.8 Å². The van der Waals surface area contributed by atoms with Crippen LogP contribution < -0.4 is 5.32 Å². The number of aliphatic hydroxyl groups is 4. The number of hydrogen-bond acceptors (Lipinski definition) is 5. The van der Waals surface area contributed by atoms with E-state index in [1.165, 1.54) is 141 Å². The van der Waals surface area contributed by atoms with Crippen LogP contribution in [0.1, 0.15) is 206 Å². The number of carbonyl (C=O) groups excluding carboxylic acids is 1. The number of allylic oxidation sites excluding steroid dienone is 4. The zero-order chi connectivity index (χ0) is 35.3. The standard InChI is InChI=1S/C42H81NO5/c1-3-5-7-9-11-13-15-17-18-19-20-21-22-23-24-26-28-30-32-34-36-40(46)42(48)43-38(37-44)41(47)39(45)35-33-31-29-27-25-16-14-12-10-8-6-4-2/h17-18,27,29,38-41,44-47H,3-16,19-26,28,30-37H2,1-2H3,(H,43,48). The van der Waals surface area contributed by atoms with Gasteiger partial charge in [-0.05, 0) is 64.2 Å². The lowest BCUT2D eigenvalue weighted by molar-refractivity contribution is -0.132. The summed E-state index contributed by atoms with van der Waals surface area (Å²) in [6.45, 7) is 4.01. The molecule has 6 heteroatoms. The van der Waals surface area contributed by atoms with Gasteiger partial charge in [0.15, 0.2) is 0 Å². The molecule has 4 unspecified atom stereocenters. The summed E-state index contributed by atoms with van der Waals surface area (Å²) in [6, 6.07) is -0.999. The van der Waals surface area contributed by atoms with Crippen molar-refractivity contribution >= 4 is 5.91 Å². The topological polar surface area (TPSA) is 110 Å². The molecular weight excluding hydrogens is 598 g/mol. The first kappa shape index (κ1) is 46.8. The van der Waals surface area contributed by atoms with E-state index in [0.717, 1.165) is 38.5 Å². The quantitative estimate of drug-likeness (QED) is 0.0332. The predicted octanol–water partition coefficient (Wildman–Crippen LogP) is 10.4. The van der Waals surface area contributed by atoms with Crippen LogP contribution in [0.2, 0.25) is 0 Å². The molecule has 0 aliphatic rings. The highest BCUT2D eigenvalue weighted by Crippen LogP contribution is 2.15. The first-order valence-electron chi connectivity index (χ1n) is 20.7. The van der Waals surface area contributed by atoms with Gasteiger partial charge in [0.25, 0.3) is 0 Å². The van der Waals surface area contributed by atoms with Crippen molar-refractivity contribution in [3.05, 3.63) is 24.3 Å². The lowest BCUT2D eigenvalue weighted by Gasteiger charge is -2.27. The van der Waals surface area contributed by atoms with Gasteiger partial charge >= 0.3 is 0 Å². The summed E-state index contributed by atoms with van der Waals surface area (Å²) in [5.41, 5.74) is 0. The van der Waals surface area contributed by atoms with E-state index in [2.05, 4.69) is 43.5 Å². The Balaban J connectivity index is 3.76. The highest BCUT2D eigenvalue weighted by molar-refractivity contribution is 5.80. The number of hydrogen-bond donors (Lipinski definition) is 5. The number of nitrogens with one attached hydrogen (secondary N) is 1. The molecule has 0 rings (SSSR count). The minimum Gasteiger partial charge on any atom is -0.394 e. The molecule has 0 aromatic rings. The third-order valence-corrected chi connectivity index (χ3v) is 9.63. The first-order chi connectivity index (χ1) is 23.5. The largest absolute Gasteiger partial charge is 0.394 e. The molecule has 0 fully saturated rings. The predicted molar refractivity (Wildman–Crippen MR) is 205 cm³/mol. The van der Waals surface area contributed by atoms with Crippen LogP contribution in [0.25, 0.3) is 0 Å². The summed E-state index contributed by atoms with van der Waals surface area (Å²) in [5.74, 6) is -0.595. The maximum Gasteiger partial charge on any atom is 0.249 e. The molecule has 0 aromatic heterocycles. The smallest absolute Gasteiger partial charge is 0.249 e. The summed E-state index contributed by atoms with van der Waals surface area (Å²) < 4.78 is 0. The number of amides is 1. The number of carbonyl (C=O) groups is 1. The minimum absolute atomic E-state index is 0.362. The van der Waals surface area contributed by atoms with Crippen LogP contribution in [0, 0.1) is 0 Å². The van der Waals surface area contributed by atoms with E-state index in [9.17, 15) is 25.2 Å². The SMILES string of the molecule is CCCCCCCCC=CCCCCCCCCCCCCC(O)C(=O)NC(CO)C(O)C(O)CCCC=CCCCCCCCCC. The molecule has 1 amide bonds. The molecule has 0 aromatic carbocycles. The summed E-state index contributed by atoms with van der Waals surface area (Å²) in [7, 11) is 0. The highest BCUT2D eigenvalue weighted by atomic mass is 16.3. The second-order valence-electron chi connectivity index (χ2n) is 14.3. The fraction of sp³-hybridized carbons (Fsp3) is 0.881. The molecule has 0 bridgehead atoms. The van der Waals surface area contributed by atoms with Crippen LogP contribution in [-0.2, 0) is 4.79 Å². The van der Waals surface area contributed by atoms with Crippen molar-refractivity contribution in [3.8, 4) is 0 Å². The Morgan fingerprint density at radius 3 is 1.25 bits per heavy atom. The highest BCUT2D eigenvalue weighted by Gasteiger charge is 2.28. The molecule has 0 spiro atoms. The number of aliphatic hydroxyl groups excluding tert-OH is 4. The Labute approximate surface area is 297 Å². The number of unbranched alkanes of at least 4 members (excludes halogenated alkanes) is 24. The van der Waals surface area contributed by atoms with E-state index in [0.29, 0.717) is 12.8 Å². The summed E-state index contributed by atoms with van der Waals surface area (Å²) in [4.78, 5) is 12.5. The van der Waals surface area contributed by atoms with Crippen LogP contribution in [-0.4, -0.2) is 57.3 Å². The second kappa shape index (κ2) is 37.1. The average molecular weight is 680 g/mol. The van der Waals surface area contributed by atoms with Gasteiger partial charge in [0, 0.05) is 0 Å². The third kappa shape index (κ3) is 30.8. The summed E-state index contributed by atoms with van der Waals surface area (Å²) in [6.07, 6.45) is 40.6. The molecular formula is C42H81NO5. The molecule has 0 aliphatic heterocycles. The van der Waals surface area contributed by atoms with E-state index < -0.39 is 36.9 Å². The number of rotatable bonds is 37. The Morgan fingerprint density at radius 2 is 0.854 bits per heavy atom. The second-order valence-corrected chi connectivity index (χ2v) is 14.3. The molecule has 0 aliphatic carbocycles. The van der Waals surface area contributed by atoms with Gasteiger partial charge in [-0.25, -0.2) is 0 Å². The van der Waals surface area contributed by atoms with Crippen molar-refractivity contribution in [2.75, 3.05) is 6.61 Å². The van der Waals surface area contributed by atoms with Crippen molar-refractivity contribution in [1.82, 2.24) is 5.32 Å². The van der Waals surface area contributed by atoms with E-state index in [1.807, 2.05) is 0 Å². The van der Waals surface area contributed by atoms with Gasteiger partial charge in [-0.1, -0.05) is 167 Å². The van der Waals surface area contributed by atoms with Gasteiger partial charge in [0.2, 0.25) is 5.91 Å². The van der Waals surface area contributed by atoms with Crippen LogP contribution in [0.3, 0.4) is 0 Å². The van der Waals surface area contributed by atoms with Gasteiger partial charge in [-0.15, -0.1) is 0 Å². The van der Waals surface area contributed by atoms with E-state index in [1.54, 1.807) is 0 Å². The zero-order valence-corrected chi connectivity index (χ0v) is 31.7. The van der Waals surface area contributed by atoms with Crippen molar-refractivity contribution in [2.24, 2.45) is 0 Å². The molecule has 4 atom stereocenters. The molecule has 0 heterocycles. The normalized spacial score (nSPS) is 14.5. The van der Waals surface area contributed by atoms with Crippen molar-refractivity contribution < 1.29 is 25.2 Å². The molecule has 0 radical (unpaired) electrons. The van der Waals surface area contributed by atoms with Gasteiger partial charge in [-0.2, -0.15) is 0 Å². The lowest BCUT2D eigenvalue weighted by Crippen LogP contribution is -2.53. The Morgan fingerprint density at radius 1 is 0.500 bits per heavy atom. The van der Waals surface area contributed by atoms with Crippen molar-refractivity contribution in [1.29, 1.82) is 0 Å². The van der Waals surface area contributed by atoms with Gasteiger partial charge in [0.1, 0.15) is 12.2 Å². The van der Waals surface area contributed by atoms with Crippen LogP contribution in [0.15, 0.2) is 24.3 Å². The Bertz CT molecular complexity index is 727. The Hall–Kier alpha value is -1.21. The fourth-order valence-corrected chi connectivity index (χ4v) is 6.28. The first-order valence-corrected chi connectivity index (χ1v) is 20.7. The van der Waals surface area contributed by atoms with E-state index in [-0.39, 0.29) is 0 Å². The molecule has 0 saturated carbocycles. The van der Waals surface area contributed by atoms with Crippen LogP contribution in [0.5, 0.6) is 0 Å². The third-order valence-electron chi connectivity index (χ3n) is 9.63. The van der Waals surface area contributed by atoms with Crippen molar-refractivity contribution in [2.45, 2.75) is 231 Å². The lowest BCUT2D eigenvalue weighted by atomic mass is 10.00. The molecule has 6 nitrogen and oxygen atoms in total.